The summed E-state index contributed by atoms with van der Waals surface area (Å²) in [5.41, 5.74) is 2.09. The Morgan fingerprint density at radius 1 is 1.19 bits per heavy atom. The normalized spacial score (nSPS) is 17.6. The smallest absolute Gasteiger partial charge is 0.191 e. The lowest BCUT2D eigenvalue weighted by atomic mass is 10.1. The zero-order valence-electron chi connectivity index (χ0n) is 18.1. The first-order valence-corrected chi connectivity index (χ1v) is 11.9. The predicted octanol–water partition coefficient (Wildman–Crippen LogP) is 4.90. The van der Waals surface area contributed by atoms with Crippen LogP contribution in [0.5, 0.6) is 5.75 Å². The Kier molecular flexibility index (Phi) is 7.25. The molecule has 1 aliphatic carbocycles. The molecule has 0 aliphatic heterocycles. The highest BCUT2D eigenvalue weighted by Crippen LogP contribution is 2.50. The van der Waals surface area contributed by atoms with E-state index in [2.05, 4.69) is 32.2 Å². The monoisotopic (exact) mass is 440 g/mol. The zero-order chi connectivity index (χ0) is 21.6. The van der Waals surface area contributed by atoms with Crippen molar-refractivity contribution in [2.24, 2.45) is 13.0 Å². The Morgan fingerprint density at radius 3 is 2.84 bits per heavy atom. The molecule has 0 spiro atoms. The van der Waals surface area contributed by atoms with Crippen LogP contribution in [0.25, 0.3) is 11.4 Å². The molecule has 4 rings (SSSR count). The molecule has 31 heavy (non-hydrogen) atoms. The van der Waals surface area contributed by atoms with Gasteiger partial charge in [0.05, 0.1) is 6.61 Å². The number of hydrogen-bond donors (Lipinski definition) is 1. The van der Waals surface area contributed by atoms with Crippen molar-refractivity contribution < 1.29 is 9.13 Å². The summed E-state index contributed by atoms with van der Waals surface area (Å²) in [5, 5.41) is 13.2. The molecule has 1 fully saturated rings. The molecule has 2 atom stereocenters. The van der Waals surface area contributed by atoms with Gasteiger partial charge >= 0.3 is 0 Å². The van der Waals surface area contributed by atoms with Crippen LogP contribution in [0.2, 0.25) is 0 Å². The largest absolute Gasteiger partial charge is 0.494 e. The summed E-state index contributed by atoms with van der Waals surface area (Å²) in [4.78, 5) is 0. The van der Waals surface area contributed by atoms with Gasteiger partial charge in [-0.3, -0.25) is 0 Å². The third kappa shape index (κ3) is 5.46. The van der Waals surface area contributed by atoms with Crippen molar-refractivity contribution in [2.75, 3.05) is 25.4 Å². The molecule has 1 N–H and O–H groups in total. The number of thioether (sulfide) groups is 1. The van der Waals surface area contributed by atoms with Crippen molar-refractivity contribution in [1.29, 1.82) is 0 Å². The lowest BCUT2D eigenvalue weighted by Gasteiger charge is -2.10. The van der Waals surface area contributed by atoms with Gasteiger partial charge in [-0.1, -0.05) is 42.1 Å². The molecule has 1 aliphatic rings. The number of hydrogen-bond acceptors (Lipinski definition) is 5. The number of benzene rings is 2. The predicted molar refractivity (Wildman–Crippen MR) is 123 cm³/mol. The molecule has 1 aromatic heterocycles. The van der Waals surface area contributed by atoms with Crippen LogP contribution >= 0.6 is 11.8 Å². The van der Waals surface area contributed by atoms with E-state index < -0.39 is 0 Å². The first-order valence-electron chi connectivity index (χ1n) is 10.9. The van der Waals surface area contributed by atoms with E-state index in [0.717, 1.165) is 59.5 Å². The number of aromatic nitrogens is 3. The van der Waals surface area contributed by atoms with Gasteiger partial charge in [-0.05, 0) is 62.9 Å². The number of ether oxygens (including phenoxy) is 1. The minimum atomic E-state index is -0.187. The molecule has 2 unspecified atom stereocenters. The SMILES string of the molecule is CCOc1ccc(F)cc1C1CC1CNCCCSc1nnc(-c2ccccc2)n1C. The third-order valence-corrected chi connectivity index (χ3v) is 6.70. The van der Waals surface area contributed by atoms with E-state index in [1.807, 2.05) is 32.2 Å². The van der Waals surface area contributed by atoms with Crippen LogP contribution in [0, 0.1) is 11.7 Å². The van der Waals surface area contributed by atoms with E-state index in [9.17, 15) is 4.39 Å². The first kappa shape index (κ1) is 21.8. The maximum atomic E-state index is 13.7. The quantitative estimate of drug-likeness (QED) is 0.340. The Hall–Kier alpha value is -2.38. The van der Waals surface area contributed by atoms with Gasteiger partial charge in [0.25, 0.3) is 0 Å². The second-order valence-corrected chi connectivity index (χ2v) is 8.92. The van der Waals surface area contributed by atoms with Crippen LogP contribution in [-0.4, -0.2) is 40.2 Å². The molecule has 2 aromatic carbocycles. The second-order valence-electron chi connectivity index (χ2n) is 7.85. The number of rotatable bonds is 11. The molecule has 0 amide bonds. The van der Waals surface area contributed by atoms with Crippen LogP contribution in [0.4, 0.5) is 4.39 Å². The summed E-state index contributed by atoms with van der Waals surface area (Å²) < 4.78 is 21.4. The van der Waals surface area contributed by atoms with Gasteiger partial charge in [-0.2, -0.15) is 0 Å². The van der Waals surface area contributed by atoms with Crippen molar-refractivity contribution >= 4 is 11.8 Å². The lowest BCUT2D eigenvalue weighted by molar-refractivity contribution is 0.335. The van der Waals surface area contributed by atoms with Crippen molar-refractivity contribution in [3.8, 4) is 17.1 Å². The van der Waals surface area contributed by atoms with Gasteiger partial charge in [0.1, 0.15) is 11.6 Å². The molecule has 7 heteroatoms. The van der Waals surface area contributed by atoms with Crippen molar-refractivity contribution in [1.82, 2.24) is 20.1 Å². The van der Waals surface area contributed by atoms with E-state index in [-0.39, 0.29) is 5.82 Å². The molecule has 0 bridgehead atoms. The highest BCUT2D eigenvalue weighted by molar-refractivity contribution is 7.99. The number of nitrogens with one attached hydrogen (secondary N) is 1. The maximum absolute atomic E-state index is 13.7. The van der Waals surface area contributed by atoms with Crippen LogP contribution < -0.4 is 10.1 Å². The fourth-order valence-electron chi connectivity index (χ4n) is 3.88. The van der Waals surface area contributed by atoms with Gasteiger partial charge in [0.15, 0.2) is 11.0 Å². The van der Waals surface area contributed by atoms with E-state index in [1.54, 1.807) is 23.9 Å². The molecular weight excluding hydrogens is 411 g/mol. The highest BCUT2D eigenvalue weighted by atomic mass is 32.2. The maximum Gasteiger partial charge on any atom is 0.191 e. The summed E-state index contributed by atoms with van der Waals surface area (Å²) in [6, 6.07) is 15.0. The van der Waals surface area contributed by atoms with E-state index in [0.29, 0.717) is 18.4 Å². The second kappa shape index (κ2) is 10.3. The van der Waals surface area contributed by atoms with Gasteiger partial charge in [0.2, 0.25) is 0 Å². The minimum absolute atomic E-state index is 0.187. The van der Waals surface area contributed by atoms with Gasteiger partial charge in [-0.25, -0.2) is 4.39 Å². The standard InChI is InChI=1S/C24H29FN4OS/c1-3-30-22-11-10-19(25)15-21(22)20-14-18(20)16-26-12-7-13-31-24-28-27-23(29(24)2)17-8-5-4-6-9-17/h4-6,8-11,15,18,20,26H,3,7,12-14,16H2,1-2H3. The average molecular weight is 441 g/mol. The van der Waals surface area contributed by atoms with Crippen LogP contribution in [0.1, 0.15) is 31.2 Å². The average Bonchev–Trinajstić information content (AvgIpc) is 3.46. The highest BCUT2D eigenvalue weighted by Gasteiger charge is 2.39. The molecule has 3 aromatic rings. The van der Waals surface area contributed by atoms with E-state index >= 15 is 0 Å². The molecule has 1 heterocycles. The molecule has 1 saturated carbocycles. The zero-order valence-corrected chi connectivity index (χ0v) is 18.9. The van der Waals surface area contributed by atoms with Crippen LogP contribution in [-0.2, 0) is 7.05 Å². The van der Waals surface area contributed by atoms with Crippen molar-refractivity contribution in [3.05, 3.63) is 59.9 Å². The summed E-state index contributed by atoms with van der Waals surface area (Å²) in [5.74, 6) is 3.47. The fourth-order valence-corrected chi connectivity index (χ4v) is 4.73. The number of nitrogens with zero attached hydrogens (tertiary/aromatic N) is 3. The Bertz CT molecular complexity index is 994. The topological polar surface area (TPSA) is 52.0 Å². The molecule has 0 saturated heterocycles. The molecule has 0 radical (unpaired) electrons. The summed E-state index contributed by atoms with van der Waals surface area (Å²) in [6.45, 7) is 4.48. The number of halogens is 1. The molecular formula is C24H29FN4OS. The lowest BCUT2D eigenvalue weighted by Crippen LogP contribution is -2.19. The third-order valence-electron chi connectivity index (χ3n) is 5.60. The first-order chi connectivity index (χ1) is 15.2. The summed E-state index contributed by atoms with van der Waals surface area (Å²) in [7, 11) is 2.01. The van der Waals surface area contributed by atoms with Crippen molar-refractivity contribution in [2.45, 2.75) is 30.8 Å². The van der Waals surface area contributed by atoms with E-state index in [4.69, 9.17) is 4.74 Å². The van der Waals surface area contributed by atoms with Crippen LogP contribution in [0.15, 0.2) is 53.7 Å². The summed E-state index contributed by atoms with van der Waals surface area (Å²) in [6.07, 6.45) is 2.15. The van der Waals surface area contributed by atoms with E-state index in [1.165, 1.54) is 6.07 Å². The van der Waals surface area contributed by atoms with Gasteiger partial charge < -0.3 is 14.6 Å². The van der Waals surface area contributed by atoms with Crippen LogP contribution in [0.3, 0.4) is 0 Å². The Morgan fingerprint density at radius 2 is 2.03 bits per heavy atom. The molecule has 5 nitrogen and oxygen atoms in total. The summed E-state index contributed by atoms with van der Waals surface area (Å²) >= 11 is 1.73. The minimum Gasteiger partial charge on any atom is -0.494 e. The fraction of sp³-hybridized carbons (Fsp3) is 0.417. The Balaban J connectivity index is 1.17. The van der Waals surface area contributed by atoms with Crippen molar-refractivity contribution in [3.63, 3.8) is 0 Å². The van der Waals surface area contributed by atoms with Gasteiger partial charge in [-0.15, -0.1) is 10.2 Å². The van der Waals surface area contributed by atoms with Gasteiger partial charge in [0, 0.05) is 23.9 Å². The Labute approximate surface area is 187 Å². The molecule has 164 valence electrons.